The molecule has 5 nitrogen and oxygen atoms in total. The summed E-state index contributed by atoms with van der Waals surface area (Å²) >= 11 is 1.32. The summed E-state index contributed by atoms with van der Waals surface area (Å²) in [6.45, 7) is 0. The number of aromatic nitrogens is 1. The molecule has 0 radical (unpaired) electrons. The Morgan fingerprint density at radius 1 is 1.19 bits per heavy atom. The second-order valence-corrected chi connectivity index (χ2v) is 5.92. The Labute approximate surface area is 126 Å². The molecular weight excluding hydrogens is 286 g/mol. The van der Waals surface area contributed by atoms with Gasteiger partial charge in [0.15, 0.2) is 0 Å². The van der Waals surface area contributed by atoms with Crippen LogP contribution >= 0.6 is 11.8 Å². The van der Waals surface area contributed by atoms with Crippen LogP contribution in [0.25, 0.3) is 10.9 Å². The lowest BCUT2D eigenvalue weighted by atomic mass is 10.2. The first-order chi connectivity index (χ1) is 10.2. The van der Waals surface area contributed by atoms with Gasteiger partial charge in [-0.05, 0) is 25.0 Å². The summed E-state index contributed by atoms with van der Waals surface area (Å²) in [6, 6.07) is 11.5. The van der Waals surface area contributed by atoms with Crippen molar-refractivity contribution in [2.75, 3.05) is 5.75 Å². The second-order valence-electron chi connectivity index (χ2n) is 4.93. The topological polar surface area (TPSA) is 71.1 Å². The first-order valence-corrected chi connectivity index (χ1v) is 7.78. The largest absolute Gasteiger partial charge is 0.335 e. The molecule has 0 atom stereocenters. The van der Waals surface area contributed by atoms with Gasteiger partial charge in [0, 0.05) is 11.4 Å². The van der Waals surface area contributed by atoms with Crippen molar-refractivity contribution < 1.29 is 9.59 Å². The lowest BCUT2D eigenvalue weighted by Crippen LogP contribution is -2.41. The number of benzene rings is 1. The van der Waals surface area contributed by atoms with Crippen molar-refractivity contribution >= 4 is 34.6 Å². The lowest BCUT2D eigenvalue weighted by molar-refractivity contribution is -0.117. The summed E-state index contributed by atoms with van der Waals surface area (Å²) in [5.41, 5.74) is 0.898. The van der Waals surface area contributed by atoms with Crippen LogP contribution in [0.2, 0.25) is 0 Å². The quantitative estimate of drug-likeness (QED) is 0.850. The van der Waals surface area contributed by atoms with Gasteiger partial charge in [-0.3, -0.25) is 10.1 Å². The van der Waals surface area contributed by atoms with Crippen LogP contribution in [-0.4, -0.2) is 28.7 Å². The summed E-state index contributed by atoms with van der Waals surface area (Å²) in [4.78, 5) is 27.6. The number of para-hydroxylation sites is 1. The molecule has 0 unspecified atom stereocenters. The van der Waals surface area contributed by atoms with Gasteiger partial charge in [-0.25, -0.2) is 9.78 Å². The highest BCUT2D eigenvalue weighted by Crippen LogP contribution is 2.20. The van der Waals surface area contributed by atoms with E-state index >= 15 is 0 Å². The highest BCUT2D eigenvalue weighted by Gasteiger charge is 2.23. The number of pyridine rings is 1. The maximum atomic E-state index is 11.7. The number of urea groups is 1. The van der Waals surface area contributed by atoms with E-state index in [1.165, 1.54) is 11.8 Å². The predicted octanol–water partition coefficient (Wildman–Crippen LogP) is 2.32. The summed E-state index contributed by atoms with van der Waals surface area (Å²) in [5, 5.41) is 6.87. The Morgan fingerprint density at radius 3 is 2.81 bits per heavy atom. The van der Waals surface area contributed by atoms with Gasteiger partial charge in [0.1, 0.15) is 0 Å². The molecule has 2 aromatic rings. The predicted molar refractivity (Wildman–Crippen MR) is 82.2 cm³/mol. The van der Waals surface area contributed by atoms with Crippen LogP contribution in [0.5, 0.6) is 0 Å². The number of nitrogens with one attached hydrogen (secondary N) is 2. The number of amides is 3. The number of carbonyl (C=O) groups is 2. The molecule has 1 heterocycles. The molecule has 0 aliphatic heterocycles. The molecule has 1 aromatic carbocycles. The Hall–Kier alpha value is -2.08. The molecule has 2 N–H and O–H groups in total. The summed E-state index contributed by atoms with van der Waals surface area (Å²) in [5.74, 6) is -0.142. The zero-order chi connectivity index (χ0) is 14.7. The minimum absolute atomic E-state index is 0.170. The van der Waals surface area contributed by atoms with Gasteiger partial charge < -0.3 is 5.32 Å². The molecule has 3 rings (SSSR count). The SMILES string of the molecule is O=C(CSc1ccc2ccccc2n1)NC(=O)NC1CC1. The van der Waals surface area contributed by atoms with E-state index in [1.54, 1.807) is 0 Å². The monoisotopic (exact) mass is 301 g/mol. The number of carbonyl (C=O) groups excluding carboxylic acids is 2. The van der Waals surface area contributed by atoms with Crippen molar-refractivity contribution in [3.8, 4) is 0 Å². The average Bonchev–Trinajstić information content (AvgIpc) is 3.28. The van der Waals surface area contributed by atoms with E-state index in [0.29, 0.717) is 0 Å². The number of hydrogen-bond donors (Lipinski definition) is 2. The molecule has 1 saturated carbocycles. The van der Waals surface area contributed by atoms with Crippen molar-refractivity contribution in [1.29, 1.82) is 0 Å². The fraction of sp³-hybridized carbons (Fsp3) is 0.267. The molecule has 1 aliphatic carbocycles. The van der Waals surface area contributed by atoms with Crippen LogP contribution in [-0.2, 0) is 4.79 Å². The molecule has 1 aromatic heterocycles. The zero-order valence-corrected chi connectivity index (χ0v) is 12.2. The van der Waals surface area contributed by atoms with Gasteiger partial charge in [0.25, 0.3) is 0 Å². The molecule has 1 aliphatic rings. The Morgan fingerprint density at radius 2 is 2.00 bits per heavy atom. The summed E-state index contributed by atoms with van der Waals surface area (Å²) in [7, 11) is 0. The highest BCUT2D eigenvalue weighted by molar-refractivity contribution is 7.99. The number of imide groups is 1. The first-order valence-electron chi connectivity index (χ1n) is 6.80. The fourth-order valence-electron chi connectivity index (χ4n) is 1.88. The second kappa shape index (κ2) is 6.13. The molecular formula is C15H15N3O2S. The van der Waals surface area contributed by atoms with Crippen LogP contribution in [0.3, 0.4) is 0 Å². The Balaban J connectivity index is 1.52. The van der Waals surface area contributed by atoms with Crippen LogP contribution in [0.1, 0.15) is 12.8 Å². The van der Waals surface area contributed by atoms with Crippen molar-refractivity contribution in [3.63, 3.8) is 0 Å². The van der Waals surface area contributed by atoms with Gasteiger partial charge in [0.05, 0.1) is 16.3 Å². The van der Waals surface area contributed by atoms with Gasteiger partial charge in [0.2, 0.25) is 5.91 Å². The van der Waals surface area contributed by atoms with Crippen LogP contribution in [0, 0.1) is 0 Å². The average molecular weight is 301 g/mol. The zero-order valence-electron chi connectivity index (χ0n) is 11.3. The third-order valence-corrected chi connectivity index (χ3v) is 4.02. The summed E-state index contributed by atoms with van der Waals surface area (Å²) < 4.78 is 0. The number of thioether (sulfide) groups is 1. The van der Waals surface area contributed by atoms with Crippen molar-refractivity contribution in [2.24, 2.45) is 0 Å². The van der Waals surface area contributed by atoms with Crippen molar-refractivity contribution in [2.45, 2.75) is 23.9 Å². The van der Waals surface area contributed by atoms with Gasteiger partial charge >= 0.3 is 6.03 Å². The van der Waals surface area contributed by atoms with E-state index in [1.807, 2.05) is 36.4 Å². The van der Waals surface area contributed by atoms with E-state index in [0.717, 1.165) is 28.8 Å². The number of rotatable bonds is 4. The molecule has 3 amide bonds. The number of fused-ring (bicyclic) bond motifs is 1. The number of hydrogen-bond acceptors (Lipinski definition) is 4. The smallest absolute Gasteiger partial charge is 0.321 e. The standard InChI is InChI=1S/C15H15N3O2S/c19-13(18-15(20)16-11-6-7-11)9-21-14-8-5-10-3-1-2-4-12(10)17-14/h1-5,8,11H,6-7,9H2,(H2,16,18,19,20). The van der Waals surface area contributed by atoms with Crippen LogP contribution < -0.4 is 10.6 Å². The Kier molecular flexibility index (Phi) is 4.06. The molecule has 0 saturated heterocycles. The van der Waals surface area contributed by atoms with Gasteiger partial charge in [-0.2, -0.15) is 0 Å². The van der Waals surface area contributed by atoms with E-state index in [-0.39, 0.29) is 17.7 Å². The maximum absolute atomic E-state index is 11.7. The van der Waals surface area contributed by atoms with Crippen molar-refractivity contribution in [1.82, 2.24) is 15.6 Å². The van der Waals surface area contributed by atoms with E-state index < -0.39 is 6.03 Å². The molecule has 0 bridgehead atoms. The van der Waals surface area contributed by atoms with Crippen molar-refractivity contribution in [3.05, 3.63) is 36.4 Å². The van der Waals surface area contributed by atoms with Crippen LogP contribution in [0.15, 0.2) is 41.4 Å². The van der Waals surface area contributed by atoms with E-state index in [4.69, 9.17) is 0 Å². The van der Waals surface area contributed by atoms with E-state index in [9.17, 15) is 9.59 Å². The van der Waals surface area contributed by atoms with Crippen LogP contribution in [0.4, 0.5) is 4.79 Å². The maximum Gasteiger partial charge on any atom is 0.321 e. The lowest BCUT2D eigenvalue weighted by Gasteiger charge is -2.05. The summed E-state index contributed by atoms with van der Waals surface area (Å²) in [6.07, 6.45) is 1.99. The fourth-order valence-corrected chi connectivity index (χ4v) is 2.56. The van der Waals surface area contributed by atoms with Gasteiger partial charge in [-0.1, -0.05) is 36.0 Å². The van der Waals surface area contributed by atoms with Gasteiger partial charge in [-0.15, -0.1) is 0 Å². The third-order valence-electron chi connectivity index (χ3n) is 3.09. The molecule has 1 fully saturated rings. The number of nitrogens with zero attached hydrogens (tertiary/aromatic N) is 1. The Bertz CT molecular complexity index is 685. The van der Waals surface area contributed by atoms with E-state index in [2.05, 4.69) is 15.6 Å². The molecule has 6 heteroatoms. The highest BCUT2D eigenvalue weighted by atomic mass is 32.2. The molecule has 108 valence electrons. The minimum atomic E-state index is -0.408. The molecule has 0 spiro atoms. The minimum Gasteiger partial charge on any atom is -0.335 e. The molecule has 21 heavy (non-hydrogen) atoms. The third kappa shape index (κ3) is 3.95. The first kappa shape index (κ1) is 13.9. The normalized spacial score (nSPS) is 13.9.